The van der Waals surface area contributed by atoms with Crippen molar-refractivity contribution in [1.29, 1.82) is 0 Å². The van der Waals surface area contributed by atoms with E-state index in [1.54, 1.807) is 0 Å². The maximum Gasteiger partial charge on any atom is 0.299 e. The Kier molecular flexibility index (Phi) is 5.58. The molecule has 0 radical (unpaired) electrons. The van der Waals surface area contributed by atoms with Crippen LogP contribution in [-0.2, 0) is 4.79 Å². The monoisotopic (exact) mass is 177 g/mol. The van der Waals surface area contributed by atoms with E-state index < -0.39 is 0 Å². The lowest BCUT2D eigenvalue weighted by molar-refractivity contribution is -0.112. The Morgan fingerprint density at radius 1 is 1.82 bits per heavy atom. The largest absolute Gasteiger partial charge is 0.330 e. The van der Waals surface area contributed by atoms with Crippen LogP contribution in [0.4, 0.5) is 4.79 Å². The first kappa shape index (κ1) is 10.2. The van der Waals surface area contributed by atoms with Gasteiger partial charge in [0, 0.05) is 19.3 Å². The van der Waals surface area contributed by atoms with E-state index in [-0.39, 0.29) is 5.24 Å². The number of hydrogen-bond acceptors (Lipinski definition) is 4. The summed E-state index contributed by atoms with van der Waals surface area (Å²) in [6.45, 7) is 0.450. The summed E-state index contributed by atoms with van der Waals surface area (Å²) in [5, 5.41) is 0.885. The van der Waals surface area contributed by atoms with E-state index in [1.165, 1.54) is 7.05 Å². The second kappa shape index (κ2) is 5.99. The molecule has 0 rings (SSSR count). The normalized spacial score (nSPS) is 8.91. The molecule has 0 unspecified atom stereocenters. The highest BCUT2D eigenvalue weighted by Crippen LogP contribution is 2.02. The van der Waals surface area contributed by atoms with Crippen LogP contribution in [0.3, 0.4) is 0 Å². The Balaban J connectivity index is 3.54. The Bertz CT molecular complexity index is 142. The molecule has 5 nitrogen and oxygen atoms in total. The molecule has 11 heavy (non-hydrogen) atoms. The van der Waals surface area contributed by atoms with E-state index in [2.05, 4.69) is 5.43 Å². The molecule has 6 heteroatoms. The third kappa shape index (κ3) is 4.63. The second-order valence-electron chi connectivity index (χ2n) is 1.71. The highest BCUT2D eigenvalue weighted by molar-refractivity contribution is 8.13. The predicted molar refractivity (Wildman–Crippen MR) is 43.9 cm³/mol. The molecule has 0 spiro atoms. The topological polar surface area (TPSA) is 75.4 Å². The first-order valence-corrected chi connectivity index (χ1v) is 4.01. The fraction of sp³-hybridized carbons (Fsp3) is 0.600. The molecule has 64 valence electrons. The Morgan fingerprint density at radius 3 is 2.91 bits per heavy atom. The molecule has 0 heterocycles. The molecule has 0 saturated carbocycles. The van der Waals surface area contributed by atoms with Crippen LogP contribution in [0.15, 0.2) is 0 Å². The number of carbonyl (C=O) groups is 2. The molecule has 0 atom stereocenters. The molecule has 3 N–H and O–H groups in total. The van der Waals surface area contributed by atoms with E-state index in [1.807, 2.05) is 0 Å². The van der Waals surface area contributed by atoms with Crippen molar-refractivity contribution in [2.75, 3.05) is 19.3 Å². The Hall–Kier alpha value is -0.750. The van der Waals surface area contributed by atoms with Gasteiger partial charge in [-0.2, -0.15) is 0 Å². The van der Waals surface area contributed by atoms with Gasteiger partial charge in [0.25, 0.3) is 5.24 Å². The van der Waals surface area contributed by atoms with Gasteiger partial charge in [-0.25, -0.2) is 5.01 Å². The first-order valence-electron chi connectivity index (χ1n) is 3.02. The lowest BCUT2D eigenvalue weighted by Gasteiger charge is -2.13. The number of nitrogens with one attached hydrogen (secondary N) is 1. The number of nitrogens with two attached hydrogens (primary N) is 1. The first-order chi connectivity index (χ1) is 5.22. The third-order valence-electron chi connectivity index (χ3n) is 0.864. The zero-order valence-corrected chi connectivity index (χ0v) is 7.06. The van der Waals surface area contributed by atoms with E-state index >= 15 is 0 Å². The van der Waals surface area contributed by atoms with Crippen molar-refractivity contribution in [3.05, 3.63) is 0 Å². The lowest BCUT2D eigenvalue weighted by atomic mass is 10.8. The molecule has 0 saturated heterocycles. The SMILES string of the molecule is CN(NC=O)C(=O)SCCN. The van der Waals surface area contributed by atoms with Crippen LogP contribution in [-0.4, -0.2) is 36.0 Å². The maximum absolute atomic E-state index is 10.9. The summed E-state index contributed by atoms with van der Waals surface area (Å²) in [5.74, 6) is 0.559. The molecule has 0 bridgehead atoms. The Morgan fingerprint density at radius 2 is 2.45 bits per heavy atom. The van der Waals surface area contributed by atoms with Crippen LogP contribution >= 0.6 is 11.8 Å². The van der Waals surface area contributed by atoms with Crippen LogP contribution in [0.5, 0.6) is 0 Å². The smallest absolute Gasteiger partial charge is 0.299 e. The lowest BCUT2D eigenvalue weighted by Crippen LogP contribution is -2.36. The van der Waals surface area contributed by atoms with Gasteiger partial charge >= 0.3 is 0 Å². The van der Waals surface area contributed by atoms with Gasteiger partial charge in [-0.05, 0) is 0 Å². The minimum absolute atomic E-state index is 0.220. The van der Waals surface area contributed by atoms with Gasteiger partial charge in [0.15, 0.2) is 0 Å². The number of hydrazine groups is 1. The molecular weight excluding hydrogens is 166 g/mol. The molecule has 0 aliphatic rings. The van der Waals surface area contributed by atoms with Gasteiger partial charge in [0.05, 0.1) is 0 Å². The fourth-order valence-electron chi connectivity index (χ4n) is 0.375. The van der Waals surface area contributed by atoms with Crippen molar-refractivity contribution in [2.45, 2.75) is 0 Å². The number of hydrogen-bond donors (Lipinski definition) is 2. The average Bonchev–Trinajstić information content (AvgIpc) is 2.00. The molecular formula is C5H11N3O2S. The van der Waals surface area contributed by atoms with Crippen molar-refractivity contribution in [3.8, 4) is 0 Å². The van der Waals surface area contributed by atoms with Gasteiger partial charge in [0.2, 0.25) is 6.41 Å². The van der Waals surface area contributed by atoms with E-state index in [0.717, 1.165) is 16.8 Å². The standard InChI is InChI=1S/C5H11N3O2S/c1-8(7-4-9)5(10)11-3-2-6/h4H,2-3,6H2,1H3,(H,7,9). The summed E-state index contributed by atoms with van der Waals surface area (Å²) in [6, 6.07) is 0. The molecule has 0 aliphatic heterocycles. The minimum Gasteiger partial charge on any atom is -0.330 e. The van der Waals surface area contributed by atoms with Gasteiger partial charge in [-0.15, -0.1) is 0 Å². The van der Waals surface area contributed by atoms with Crippen molar-refractivity contribution < 1.29 is 9.59 Å². The predicted octanol–water partition coefficient (Wildman–Crippen LogP) is -0.609. The molecule has 0 aliphatic carbocycles. The second-order valence-corrected chi connectivity index (χ2v) is 2.76. The summed E-state index contributed by atoms with van der Waals surface area (Å²) in [7, 11) is 1.47. The van der Waals surface area contributed by atoms with Crippen molar-refractivity contribution >= 4 is 23.4 Å². The summed E-state index contributed by atoms with van der Waals surface area (Å²) in [6.07, 6.45) is 0.445. The zero-order chi connectivity index (χ0) is 8.69. The summed E-state index contributed by atoms with van der Waals surface area (Å²) in [4.78, 5) is 20.8. The summed E-state index contributed by atoms with van der Waals surface area (Å²) in [5.41, 5.74) is 7.37. The van der Waals surface area contributed by atoms with Gasteiger partial charge in [-0.1, -0.05) is 11.8 Å². The van der Waals surface area contributed by atoms with Crippen molar-refractivity contribution in [1.82, 2.24) is 10.4 Å². The Labute approximate surface area is 69.3 Å². The molecule has 0 aromatic carbocycles. The number of carbonyl (C=O) groups excluding carboxylic acids is 2. The maximum atomic E-state index is 10.9. The fourth-order valence-corrected chi connectivity index (χ4v) is 0.914. The minimum atomic E-state index is -0.220. The van der Waals surface area contributed by atoms with E-state index in [9.17, 15) is 9.59 Å². The van der Waals surface area contributed by atoms with Crippen LogP contribution in [0.25, 0.3) is 0 Å². The van der Waals surface area contributed by atoms with Crippen molar-refractivity contribution in [3.63, 3.8) is 0 Å². The van der Waals surface area contributed by atoms with E-state index in [0.29, 0.717) is 18.7 Å². The van der Waals surface area contributed by atoms with Crippen LogP contribution < -0.4 is 11.2 Å². The average molecular weight is 177 g/mol. The van der Waals surface area contributed by atoms with Gasteiger partial charge < -0.3 is 5.73 Å². The number of amides is 2. The molecule has 0 fully saturated rings. The third-order valence-corrected chi connectivity index (χ3v) is 1.82. The van der Waals surface area contributed by atoms with Gasteiger partial charge in [0.1, 0.15) is 0 Å². The number of rotatable bonds is 4. The highest BCUT2D eigenvalue weighted by atomic mass is 32.2. The van der Waals surface area contributed by atoms with Crippen molar-refractivity contribution in [2.24, 2.45) is 5.73 Å². The summed E-state index contributed by atoms with van der Waals surface area (Å²) >= 11 is 1.07. The summed E-state index contributed by atoms with van der Waals surface area (Å²) < 4.78 is 0. The molecule has 2 amide bonds. The van der Waals surface area contributed by atoms with E-state index in [4.69, 9.17) is 5.73 Å². The highest BCUT2D eigenvalue weighted by Gasteiger charge is 2.06. The van der Waals surface area contributed by atoms with Crippen LogP contribution in [0.1, 0.15) is 0 Å². The molecule has 0 aromatic rings. The van der Waals surface area contributed by atoms with Gasteiger partial charge in [-0.3, -0.25) is 15.0 Å². The molecule has 0 aromatic heterocycles. The quantitative estimate of drug-likeness (QED) is 0.444. The van der Waals surface area contributed by atoms with Crippen LogP contribution in [0, 0.1) is 0 Å². The number of thioether (sulfide) groups is 1. The van der Waals surface area contributed by atoms with Crippen LogP contribution in [0.2, 0.25) is 0 Å². The zero-order valence-electron chi connectivity index (χ0n) is 6.24. The number of nitrogens with zero attached hydrogens (tertiary/aromatic N) is 1.